The van der Waals surface area contributed by atoms with Crippen molar-refractivity contribution in [3.8, 4) is 5.75 Å². The largest absolute Gasteiger partial charge is 0.482 e. The summed E-state index contributed by atoms with van der Waals surface area (Å²) in [5.74, 6) is 0.512. The molecule has 0 heterocycles. The second kappa shape index (κ2) is 11.3. The summed E-state index contributed by atoms with van der Waals surface area (Å²) < 4.78 is 9.81. The molecule has 0 spiro atoms. The van der Waals surface area contributed by atoms with Crippen LogP contribution in [0.4, 0.5) is 0 Å². The van der Waals surface area contributed by atoms with Gasteiger partial charge in [-0.3, -0.25) is 4.79 Å². The molecule has 0 saturated carbocycles. The van der Waals surface area contributed by atoms with Crippen LogP contribution in [0, 0.1) is 0 Å². The van der Waals surface area contributed by atoms with Gasteiger partial charge in [0.1, 0.15) is 5.75 Å². The molecule has 6 nitrogen and oxygen atoms in total. The second-order valence-corrected chi connectivity index (χ2v) is 6.89. The second-order valence-electron chi connectivity index (χ2n) is 5.28. The molecule has 2 aromatic rings. The highest BCUT2D eigenvalue weighted by molar-refractivity contribution is 7.99. The van der Waals surface area contributed by atoms with Gasteiger partial charge in [-0.05, 0) is 42.0 Å². The SMILES string of the molecule is COC(=O)COc1cccc(/C=N/NC(=O)CCSc2ccc(Cl)cc2)c1. The van der Waals surface area contributed by atoms with Gasteiger partial charge < -0.3 is 9.47 Å². The van der Waals surface area contributed by atoms with E-state index in [9.17, 15) is 9.59 Å². The van der Waals surface area contributed by atoms with E-state index in [-0.39, 0.29) is 12.5 Å². The van der Waals surface area contributed by atoms with E-state index in [4.69, 9.17) is 16.3 Å². The molecule has 0 bridgehead atoms. The summed E-state index contributed by atoms with van der Waals surface area (Å²) in [6.45, 7) is -0.168. The molecule has 8 heteroatoms. The predicted molar refractivity (Wildman–Crippen MR) is 106 cm³/mol. The third-order valence-corrected chi connectivity index (χ3v) is 4.52. The monoisotopic (exact) mass is 406 g/mol. The molecule has 0 aliphatic heterocycles. The molecule has 1 amide bonds. The van der Waals surface area contributed by atoms with Crippen molar-refractivity contribution >= 4 is 41.5 Å². The van der Waals surface area contributed by atoms with Gasteiger partial charge in [-0.15, -0.1) is 11.8 Å². The van der Waals surface area contributed by atoms with E-state index in [0.29, 0.717) is 22.9 Å². The number of amides is 1. The highest BCUT2D eigenvalue weighted by Crippen LogP contribution is 2.20. The fourth-order valence-corrected chi connectivity index (χ4v) is 2.89. The van der Waals surface area contributed by atoms with E-state index in [1.54, 1.807) is 36.0 Å². The summed E-state index contributed by atoms with van der Waals surface area (Å²) in [5, 5.41) is 4.62. The molecule has 1 N–H and O–H groups in total. The number of carbonyl (C=O) groups is 2. The van der Waals surface area contributed by atoms with Crippen molar-refractivity contribution in [3.05, 3.63) is 59.1 Å². The highest BCUT2D eigenvalue weighted by atomic mass is 35.5. The summed E-state index contributed by atoms with van der Waals surface area (Å²) in [4.78, 5) is 24.0. The van der Waals surface area contributed by atoms with Gasteiger partial charge >= 0.3 is 5.97 Å². The van der Waals surface area contributed by atoms with Crippen LogP contribution in [0.1, 0.15) is 12.0 Å². The van der Waals surface area contributed by atoms with Gasteiger partial charge in [0, 0.05) is 22.1 Å². The van der Waals surface area contributed by atoms with Crippen molar-refractivity contribution < 1.29 is 19.1 Å². The van der Waals surface area contributed by atoms with Gasteiger partial charge in [-0.25, -0.2) is 10.2 Å². The Morgan fingerprint density at radius 1 is 1.22 bits per heavy atom. The number of thioether (sulfide) groups is 1. The van der Waals surface area contributed by atoms with Crippen LogP contribution in [0.25, 0.3) is 0 Å². The number of rotatable bonds is 9. The van der Waals surface area contributed by atoms with Crippen LogP contribution in [-0.4, -0.2) is 37.6 Å². The number of nitrogens with one attached hydrogen (secondary N) is 1. The van der Waals surface area contributed by atoms with E-state index < -0.39 is 5.97 Å². The van der Waals surface area contributed by atoms with Crippen LogP contribution in [0.5, 0.6) is 5.75 Å². The molecule has 0 unspecified atom stereocenters. The van der Waals surface area contributed by atoms with E-state index in [2.05, 4.69) is 15.3 Å². The van der Waals surface area contributed by atoms with Crippen molar-refractivity contribution in [1.29, 1.82) is 0 Å². The molecule has 0 saturated heterocycles. The third kappa shape index (κ3) is 8.15. The summed E-state index contributed by atoms with van der Waals surface area (Å²) in [5.41, 5.74) is 3.22. The van der Waals surface area contributed by atoms with Crippen molar-refractivity contribution in [2.45, 2.75) is 11.3 Å². The number of methoxy groups -OCH3 is 1. The standard InChI is InChI=1S/C19H19ClN2O4S/c1-25-19(24)13-26-16-4-2-3-14(11-16)12-21-22-18(23)9-10-27-17-7-5-15(20)6-8-17/h2-8,11-12H,9-10,13H2,1H3,(H,22,23)/b21-12+. The number of nitrogens with zero attached hydrogens (tertiary/aromatic N) is 1. The number of hydrogen-bond donors (Lipinski definition) is 1. The number of ether oxygens (including phenoxy) is 2. The molecule has 0 radical (unpaired) electrons. The first-order valence-electron chi connectivity index (χ1n) is 8.07. The van der Waals surface area contributed by atoms with Gasteiger partial charge in [0.15, 0.2) is 6.61 Å². The fourth-order valence-electron chi connectivity index (χ4n) is 1.91. The van der Waals surface area contributed by atoms with Crippen LogP contribution in [0.3, 0.4) is 0 Å². The fraction of sp³-hybridized carbons (Fsp3) is 0.211. The molecular weight excluding hydrogens is 388 g/mol. The quantitative estimate of drug-likeness (QED) is 0.298. The van der Waals surface area contributed by atoms with Crippen LogP contribution in [0.15, 0.2) is 58.5 Å². The Bertz CT molecular complexity index is 797. The molecular formula is C19H19ClN2O4S. The Balaban J connectivity index is 1.73. The van der Waals surface area contributed by atoms with Gasteiger partial charge in [-0.2, -0.15) is 5.10 Å². The van der Waals surface area contributed by atoms with Crippen LogP contribution in [-0.2, 0) is 14.3 Å². The maximum atomic E-state index is 11.8. The summed E-state index contributed by atoms with van der Waals surface area (Å²) >= 11 is 7.41. The summed E-state index contributed by atoms with van der Waals surface area (Å²) in [6.07, 6.45) is 1.85. The van der Waals surface area contributed by atoms with Crippen molar-refractivity contribution in [1.82, 2.24) is 5.43 Å². The zero-order chi connectivity index (χ0) is 19.5. The molecule has 27 heavy (non-hydrogen) atoms. The molecule has 0 aliphatic rings. The number of carbonyl (C=O) groups excluding carboxylic acids is 2. The smallest absolute Gasteiger partial charge is 0.343 e. The number of halogens is 1. The Labute approximate surface area is 166 Å². The summed E-state index contributed by atoms with van der Waals surface area (Å²) in [7, 11) is 1.30. The lowest BCUT2D eigenvalue weighted by Crippen LogP contribution is -2.17. The number of hydrazone groups is 1. The Kier molecular flexibility index (Phi) is 8.67. The normalized spacial score (nSPS) is 10.6. The molecule has 2 rings (SSSR count). The van der Waals surface area contributed by atoms with E-state index in [1.807, 2.05) is 24.3 Å². The van der Waals surface area contributed by atoms with Crippen LogP contribution < -0.4 is 10.2 Å². The first-order chi connectivity index (χ1) is 13.1. The summed E-state index contributed by atoms with van der Waals surface area (Å²) in [6, 6.07) is 14.4. The van der Waals surface area contributed by atoms with E-state index >= 15 is 0 Å². The maximum absolute atomic E-state index is 11.8. The van der Waals surface area contributed by atoms with Gasteiger partial charge in [-0.1, -0.05) is 23.7 Å². The number of benzene rings is 2. The Morgan fingerprint density at radius 3 is 2.74 bits per heavy atom. The molecule has 0 atom stereocenters. The van der Waals surface area contributed by atoms with Crippen LogP contribution >= 0.6 is 23.4 Å². The molecule has 0 aliphatic carbocycles. The van der Waals surface area contributed by atoms with Crippen molar-refractivity contribution in [2.24, 2.45) is 5.10 Å². The Hall–Kier alpha value is -2.51. The van der Waals surface area contributed by atoms with Gasteiger partial charge in [0.2, 0.25) is 5.91 Å². The van der Waals surface area contributed by atoms with E-state index in [1.165, 1.54) is 13.3 Å². The molecule has 0 aromatic heterocycles. The predicted octanol–water partition coefficient (Wildman–Crippen LogP) is 3.52. The average Bonchev–Trinajstić information content (AvgIpc) is 2.68. The number of hydrogen-bond acceptors (Lipinski definition) is 6. The van der Waals surface area contributed by atoms with Gasteiger partial charge in [0.25, 0.3) is 0 Å². The minimum atomic E-state index is -0.460. The van der Waals surface area contributed by atoms with Crippen molar-refractivity contribution in [3.63, 3.8) is 0 Å². The minimum absolute atomic E-state index is 0.168. The zero-order valence-electron chi connectivity index (χ0n) is 14.7. The average molecular weight is 407 g/mol. The number of esters is 1. The first kappa shape index (κ1) is 20.8. The van der Waals surface area contributed by atoms with Gasteiger partial charge in [0.05, 0.1) is 13.3 Å². The first-order valence-corrected chi connectivity index (χ1v) is 9.43. The third-order valence-electron chi connectivity index (χ3n) is 3.26. The van der Waals surface area contributed by atoms with Crippen molar-refractivity contribution in [2.75, 3.05) is 19.5 Å². The Morgan fingerprint density at radius 2 is 2.00 bits per heavy atom. The van der Waals surface area contributed by atoms with E-state index in [0.717, 1.165) is 10.5 Å². The maximum Gasteiger partial charge on any atom is 0.343 e. The molecule has 0 fully saturated rings. The lowest BCUT2D eigenvalue weighted by Gasteiger charge is -2.05. The molecule has 2 aromatic carbocycles. The zero-order valence-corrected chi connectivity index (χ0v) is 16.3. The molecule has 142 valence electrons. The lowest BCUT2D eigenvalue weighted by atomic mass is 10.2. The highest BCUT2D eigenvalue weighted by Gasteiger charge is 2.03. The lowest BCUT2D eigenvalue weighted by molar-refractivity contribution is -0.142. The van der Waals surface area contributed by atoms with Crippen LogP contribution in [0.2, 0.25) is 5.02 Å². The minimum Gasteiger partial charge on any atom is -0.482 e. The topological polar surface area (TPSA) is 77.0 Å².